The molecule has 3 aromatic rings. The van der Waals surface area contributed by atoms with Gasteiger partial charge in [0.15, 0.2) is 0 Å². The number of hydrogen-bond donors (Lipinski definition) is 0. The Hall–Kier alpha value is -1.67. The van der Waals surface area contributed by atoms with Gasteiger partial charge in [0.05, 0.1) is 15.7 Å². The third kappa shape index (κ3) is 2.48. The molecule has 0 fully saturated rings. The van der Waals surface area contributed by atoms with Gasteiger partial charge in [-0.2, -0.15) is 0 Å². The molecule has 20 heavy (non-hydrogen) atoms. The van der Waals surface area contributed by atoms with Crippen LogP contribution in [0.25, 0.3) is 10.2 Å². The second-order valence-corrected chi connectivity index (χ2v) is 6.35. The van der Waals surface area contributed by atoms with Crippen molar-refractivity contribution in [2.75, 3.05) is 0 Å². The van der Waals surface area contributed by atoms with Crippen LogP contribution in [0.4, 0.5) is 0 Å². The first-order valence-corrected chi connectivity index (χ1v) is 7.91. The van der Waals surface area contributed by atoms with Gasteiger partial charge in [-0.05, 0) is 55.9 Å². The molecular weight excluding hydrogens is 262 g/mol. The van der Waals surface area contributed by atoms with E-state index in [4.69, 9.17) is 0 Å². The van der Waals surface area contributed by atoms with E-state index < -0.39 is 0 Å². The molecule has 0 aliphatic rings. The zero-order valence-corrected chi connectivity index (χ0v) is 13.1. The molecule has 0 saturated carbocycles. The predicted molar refractivity (Wildman–Crippen MR) is 87.7 cm³/mol. The molecule has 0 amide bonds. The van der Waals surface area contributed by atoms with E-state index in [0.29, 0.717) is 0 Å². The van der Waals surface area contributed by atoms with Crippen LogP contribution in [0.1, 0.15) is 27.8 Å². The second-order valence-electron chi connectivity index (χ2n) is 5.49. The lowest BCUT2D eigenvalue weighted by molar-refractivity contribution is 0.950. The van der Waals surface area contributed by atoms with Crippen molar-refractivity contribution in [3.63, 3.8) is 0 Å². The molecule has 1 aromatic heterocycles. The van der Waals surface area contributed by atoms with Gasteiger partial charge in [-0.1, -0.05) is 35.9 Å². The average Bonchev–Trinajstić information content (AvgIpc) is 2.93. The minimum atomic E-state index is 1.10. The lowest BCUT2D eigenvalue weighted by atomic mass is 9.97. The highest BCUT2D eigenvalue weighted by Gasteiger charge is 2.09. The maximum atomic E-state index is 4.47. The van der Waals surface area contributed by atoms with Crippen molar-refractivity contribution in [2.24, 2.45) is 0 Å². The molecule has 2 heteroatoms. The van der Waals surface area contributed by atoms with Crippen LogP contribution in [0.15, 0.2) is 35.8 Å². The first-order valence-electron chi connectivity index (χ1n) is 7.03. The van der Waals surface area contributed by atoms with Crippen LogP contribution >= 0.6 is 11.3 Å². The molecule has 0 aliphatic carbocycles. The maximum Gasteiger partial charge on any atom is 0.0844 e. The largest absolute Gasteiger partial charge is 0.244 e. The van der Waals surface area contributed by atoms with Gasteiger partial charge in [-0.3, -0.25) is 0 Å². The van der Waals surface area contributed by atoms with Crippen molar-refractivity contribution in [2.45, 2.75) is 33.6 Å². The van der Waals surface area contributed by atoms with Crippen LogP contribution in [-0.2, 0) is 12.8 Å². The number of fused-ring (bicyclic) bond motifs is 1. The minimum Gasteiger partial charge on any atom is -0.244 e. The highest BCUT2D eigenvalue weighted by atomic mass is 32.1. The highest BCUT2D eigenvalue weighted by molar-refractivity contribution is 7.17. The van der Waals surface area contributed by atoms with Gasteiger partial charge < -0.3 is 0 Å². The van der Waals surface area contributed by atoms with E-state index in [2.05, 4.69) is 56.1 Å². The summed E-state index contributed by atoms with van der Waals surface area (Å²) in [5.74, 6) is 0. The molecule has 3 rings (SSSR count). The third-order valence-corrected chi connectivity index (χ3v) is 4.90. The number of hydrogen-bond acceptors (Lipinski definition) is 2. The summed E-state index contributed by atoms with van der Waals surface area (Å²) < 4.78 is 1.35. The van der Waals surface area contributed by atoms with Crippen LogP contribution in [0.5, 0.6) is 0 Å². The van der Waals surface area contributed by atoms with Gasteiger partial charge in [-0.15, -0.1) is 11.3 Å². The quantitative estimate of drug-likeness (QED) is 0.658. The van der Waals surface area contributed by atoms with Crippen molar-refractivity contribution in [3.8, 4) is 0 Å². The molecule has 0 bridgehead atoms. The molecule has 1 heterocycles. The Balaban J connectivity index is 1.87. The van der Waals surface area contributed by atoms with E-state index in [9.17, 15) is 0 Å². The standard InChI is InChI=1S/C18H19NS/c1-12-4-6-15(7-5-12)8-9-16-10-13(2)17-18(14(16)3)20-11-19-17/h4-7,10-11H,8-9H2,1-3H3. The molecule has 0 saturated heterocycles. The SMILES string of the molecule is Cc1ccc(CCc2cc(C)c3ncsc3c2C)cc1. The number of rotatable bonds is 3. The molecule has 0 radical (unpaired) electrons. The van der Waals surface area contributed by atoms with Crippen LogP contribution in [0, 0.1) is 20.8 Å². The topological polar surface area (TPSA) is 12.9 Å². The third-order valence-electron chi connectivity index (χ3n) is 3.96. The Labute approximate surface area is 124 Å². The van der Waals surface area contributed by atoms with Crippen LogP contribution in [0.3, 0.4) is 0 Å². The molecule has 0 spiro atoms. The molecule has 102 valence electrons. The van der Waals surface area contributed by atoms with Crippen molar-refractivity contribution >= 4 is 21.6 Å². The van der Waals surface area contributed by atoms with Crippen LogP contribution < -0.4 is 0 Å². The number of aryl methyl sites for hydroxylation is 5. The molecule has 2 aromatic carbocycles. The fourth-order valence-electron chi connectivity index (χ4n) is 2.67. The zero-order chi connectivity index (χ0) is 14.1. The summed E-state index contributed by atoms with van der Waals surface area (Å²) in [5, 5.41) is 0. The van der Waals surface area contributed by atoms with E-state index in [1.54, 1.807) is 11.3 Å². The van der Waals surface area contributed by atoms with Crippen molar-refractivity contribution < 1.29 is 0 Å². The Kier molecular flexibility index (Phi) is 3.58. The number of aromatic nitrogens is 1. The van der Waals surface area contributed by atoms with E-state index in [1.807, 2.05) is 5.51 Å². The van der Waals surface area contributed by atoms with Gasteiger partial charge in [0.25, 0.3) is 0 Å². The summed E-state index contributed by atoms with van der Waals surface area (Å²) in [6.45, 7) is 6.52. The Morgan fingerprint density at radius 2 is 1.75 bits per heavy atom. The lowest BCUT2D eigenvalue weighted by Crippen LogP contribution is -1.96. The highest BCUT2D eigenvalue weighted by Crippen LogP contribution is 2.28. The first-order chi connectivity index (χ1) is 9.65. The predicted octanol–water partition coefficient (Wildman–Crippen LogP) is 5.01. The van der Waals surface area contributed by atoms with E-state index in [-0.39, 0.29) is 0 Å². The zero-order valence-electron chi connectivity index (χ0n) is 12.2. The summed E-state index contributed by atoms with van der Waals surface area (Å²) in [4.78, 5) is 4.47. The molecule has 0 N–H and O–H groups in total. The molecule has 0 unspecified atom stereocenters. The minimum absolute atomic E-state index is 1.10. The fraction of sp³-hybridized carbons (Fsp3) is 0.278. The van der Waals surface area contributed by atoms with Gasteiger partial charge >= 0.3 is 0 Å². The van der Waals surface area contributed by atoms with Gasteiger partial charge in [-0.25, -0.2) is 4.98 Å². The number of nitrogens with zero attached hydrogens (tertiary/aromatic N) is 1. The van der Waals surface area contributed by atoms with E-state index in [1.165, 1.54) is 38.0 Å². The number of benzene rings is 2. The van der Waals surface area contributed by atoms with Gasteiger partial charge in [0.1, 0.15) is 0 Å². The summed E-state index contributed by atoms with van der Waals surface area (Å²) >= 11 is 1.75. The summed E-state index contributed by atoms with van der Waals surface area (Å²) in [7, 11) is 0. The van der Waals surface area contributed by atoms with E-state index >= 15 is 0 Å². The Morgan fingerprint density at radius 3 is 2.50 bits per heavy atom. The van der Waals surface area contributed by atoms with Crippen LogP contribution in [0.2, 0.25) is 0 Å². The van der Waals surface area contributed by atoms with Gasteiger partial charge in [0.2, 0.25) is 0 Å². The molecular formula is C18H19NS. The molecule has 0 atom stereocenters. The van der Waals surface area contributed by atoms with Crippen molar-refractivity contribution in [1.82, 2.24) is 4.98 Å². The fourth-order valence-corrected chi connectivity index (χ4v) is 3.57. The molecule has 1 nitrogen and oxygen atoms in total. The van der Waals surface area contributed by atoms with E-state index in [0.717, 1.165) is 12.8 Å². The summed E-state index contributed by atoms with van der Waals surface area (Å²) in [6.07, 6.45) is 2.20. The summed E-state index contributed by atoms with van der Waals surface area (Å²) in [6, 6.07) is 11.2. The normalized spacial score (nSPS) is 11.2. The second kappa shape index (κ2) is 5.37. The van der Waals surface area contributed by atoms with Gasteiger partial charge in [0, 0.05) is 0 Å². The summed E-state index contributed by atoms with van der Waals surface area (Å²) in [5.41, 5.74) is 10.0. The monoisotopic (exact) mass is 281 g/mol. The molecule has 0 aliphatic heterocycles. The maximum absolute atomic E-state index is 4.47. The lowest BCUT2D eigenvalue weighted by Gasteiger charge is -2.09. The Morgan fingerprint density at radius 1 is 1.00 bits per heavy atom. The Bertz CT molecular complexity index is 738. The smallest absolute Gasteiger partial charge is 0.0844 e. The van der Waals surface area contributed by atoms with Crippen molar-refractivity contribution in [3.05, 3.63) is 63.7 Å². The average molecular weight is 281 g/mol. The number of thiazole rings is 1. The van der Waals surface area contributed by atoms with Crippen molar-refractivity contribution in [1.29, 1.82) is 0 Å². The first kappa shape index (κ1) is 13.3. The van der Waals surface area contributed by atoms with Crippen LogP contribution in [-0.4, -0.2) is 4.98 Å².